The molecule has 12 heteroatoms. The van der Waals surface area contributed by atoms with Crippen LogP contribution in [0.2, 0.25) is 5.02 Å². The number of alkyl halides is 3. The first-order chi connectivity index (χ1) is 18.8. The maximum absolute atomic E-state index is 14.2. The zero-order valence-electron chi connectivity index (χ0n) is 20.8. The van der Waals surface area contributed by atoms with Crippen LogP contribution in [0.25, 0.3) is 11.1 Å². The number of aromatic nitrogens is 2. The first-order valence-corrected chi connectivity index (χ1v) is 12.1. The van der Waals surface area contributed by atoms with Crippen molar-refractivity contribution in [1.82, 2.24) is 15.3 Å². The van der Waals surface area contributed by atoms with E-state index in [-0.39, 0.29) is 33.5 Å². The number of nitrogens with zero attached hydrogens (tertiary/aromatic N) is 2. The van der Waals surface area contributed by atoms with Gasteiger partial charge in [0.15, 0.2) is 0 Å². The zero-order chi connectivity index (χ0) is 28.9. The van der Waals surface area contributed by atoms with Crippen LogP contribution in [-0.2, 0) is 6.18 Å². The van der Waals surface area contributed by atoms with E-state index in [0.717, 1.165) is 12.1 Å². The average molecular weight is 573 g/mol. The molecule has 1 aliphatic rings. The molecule has 0 aliphatic carbocycles. The van der Waals surface area contributed by atoms with Crippen molar-refractivity contribution in [3.8, 4) is 11.1 Å². The predicted octanol–water partition coefficient (Wildman–Crippen LogP) is 6.80. The van der Waals surface area contributed by atoms with Gasteiger partial charge >= 0.3 is 6.18 Å². The van der Waals surface area contributed by atoms with Gasteiger partial charge in [-0.15, -0.1) is 0 Å². The van der Waals surface area contributed by atoms with E-state index >= 15 is 0 Å². The van der Waals surface area contributed by atoms with Crippen molar-refractivity contribution < 1.29 is 31.5 Å². The minimum absolute atomic E-state index is 0.0129. The molecule has 0 saturated heterocycles. The number of amides is 2. The molecule has 5 rings (SSSR count). The lowest BCUT2D eigenvalue weighted by Gasteiger charge is -2.19. The molecule has 4 aromatic rings. The summed E-state index contributed by atoms with van der Waals surface area (Å²) in [4.78, 5) is 34.8. The third kappa shape index (κ3) is 5.12. The highest BCUT2D eigenvalue weighted by Crippen LogP contribution is 2.42. The SMILES string of the molecule is Cc1ncc(-c2cc(NC(=O)c3cc(F)cc(C(F)(F)F)c3)c3c(c2)C(=O)NC3c2cc(F)ccc2Cl)c(C)n1. The Morgan fingerprint density at radius 3 is 2.45 bits per heavy atom. The van der Waals surface area contributed by atoms with E-state index in [9.17, 15) is 31.5 Å². The third-order valence-corrected chi connectivity index (χ3v) is 6.75. The molecule has 0 radical (unpaired) electrons. The lowest BCUT2D eigenvalue weighted by molar-refractivity contribution is -0.137. The van der Waals surface area contributed by atoms with Crippen LogP contribution >= 0.6 is 11.6 Å². The Hall–Kier alpha value is -4.38. The van der Waals surface area contributed by atoms with E-state index in [1.807, 2.05) is 0 Å². The number of halogens is 6. The Labute approximate surface area is 229 Å². The number of nitrogens with one attached hydrogen (secondary N) is 2. The van der Waals surface area contributed by atoms with E-state index in [0.29, 0.717) is 34.8 Å². The number of rotatable bonds is 4. The fourth-order valence-corrected chi connectivity index (χ4v) is 4.83. The van der Waals surface area contributed by atoms with Gasteiger partial charge in [0.05, 0.1) is 11.6 Å². The highest BCUT2D eigenvalue weighted by molar-refractivity contribution is 6.31. The number of hydrogen-bond acceptors (Lipinski definition) is 4. The maximum atomic E-state index is 14.2. The van der Waals surface area contributed by atoms with Gasteiger partial charge in [0.2, 0.25) is 0 Å². The Kier molecular flexibility index (Phi) is 6.79. The average Bonchev–Trinajstić information content (AvgIpc) is 3.21. The minimum atomic E-state index is -4.89. The number of fused-ring (bicyclic) bond motifs is 1. The fraction of sp³-hybridized carbons (Fsp3) is 0.143. The molecule has 0 spiro atoms. The molecule has 2 heterocycles. The lowest BCUT2D eigenvalue weighted by Crippen LogP contribution is -2.21. The number of carbonyl (C=O) groups excluding carboxylic acids is 2. The Bertz CT molecular complexity index is 1710. The summed E-state index contributed by atoms with van der Waals surface area (Å²) in [6.45, 7) is 3.41. The van der Waals surface area contributed by atoms with Crippen LogP contribution in [0.15, 0.2) is 54.7 Å². The van der Waals surface area contributed by atoms with E-state index in [4.69, 9.17) is 11.6 Å². The molecule has 1 atom stereocenters. The summed E-state index contributed by atoms with van der Waals surface area (Å²) < 4.78 is 68.0. The second-order valence-corrected chi connectivity index (χ2v) is 9.56. The maximum Gasteiger partial charge on any atom is 0.416 e. The molecule has 1 unspecified atom stereocenters. The summed E-state index contributed by atoms with van der Waals surface area (Å²) in [6, 6.07) is 7.05. The molecule has 6 nitrogen and oxygen atoms in total. The van der Waals surface area contributed by atoms with Gasteiger partial charge in [0.1, 0.15) is 17.5 Å². The molecule has 40 heavy (non-hydrogen) atoms. The van der Waals surface area contributed by atoms with Crippen LogP contribution < -0.4 is 10.6 Å². The van der Waals surface area contributed by atoms with Crippen LogP contribution in [0.4, 0.5) is 27.6 Å². The fourth-order valence-electron chi connectivity index (χ4n) is 4.61. The summed E-state index contributed by atoms with van der Waals surface area (Å²) in [5.41, 5.74) is 0.0750. The molecule has 3 aromatic carbocycles. The van der Waals surface area contributed by atoms with Crippen LogP contribution in [0.3, 0.4) is 0 Å². The van der Waals surface area contributed by atoms with Crippen LogP contribution in [-0.4, -0.2) is 21.8 Å². The van der Waals surface area contributed by atoms with Gasteiger partial charge in [-0.25, -0.2) is 18.7 Å². The molecular formula is C28H18ClF5N4O2. The second kappa shape index (κ2) is 9.98. The molecule has 0 bridgehead atoms. The number of hydrogen-bond donors (Lipinski definition) is 2. The van der Waals surface area contributed by atoms with Crippen molar-refractivity contribution in [2.45, 2.75) is 26.1 Å². The van der Waals surface area contributed by atoms with Crippen molar-refractivity contribution in [1.29, 1.82) is 0 Å². The van der Waals surface area contributed by atoms with Gasteiger partial charge in [0.25, 0.3) is 11.8 Å². The van der Waals surface area contributed by atoms with E-state index in [1.165, 1.54) is 18.3 Å². The zero-order valence-corrected chi connectivity index (χ0v) is 21.5. The molecule has 1 aliphatic heterocycles. The standard InChI is InChI=1S/C28H18ClF5N4O2/c1-12-21(11-35-13(2)36-12)14-7-20-24(25(38-27(20)40)19-10-17(30)3-4-22(19)29)23(8-14)37-26(39)15-5-16(28(32,33)34)9-18(31)6-15/h3-11,25H,1-2H3,(H,37,39)(H,38,40). The first-order valence-electron chi connectivity index (χ1n) is 11.8. The van der Waals surface area contributed by atoms with Gasteiger partial charge in [-0.1, -0.05) is 11.6 Å². The number of aryl methyl sites for hydroxylation is 2. The largest absolute Gasteiger partial charge is 0.416 e. The van der Waals surface area contributed by atoms with E-state index in [2.05, 4.69) is 20.6 Å². The van der Waals surface area contributed by atoms with Crippen molar-refractivity contribution in [3.63, 3.8) is 0 Å². The van der Waals surface area contributed by atoms with Crippen LogP contribution in [0.1, 0.15) is 55.0 Å². The van der Waals surface area contributed by atoms with Gasteiger partial charge < -0.3 is 10.6 Å². The predicted molar refractivity (Wildman–Crippen MR) is 137 cm³/mol. The van der Waals surface area contributed by atoms with Crippen molar-refractivity contribution >= 4 is 29.1 Å². The smallest absolute Gasteiger partial charge is 0.341 e. The lowest BCUT2D eigenvalue weighted by atomic mass is 9.92. The summed E-state index contributed by atoms with van der Waals surface area (Å²) in [5.74, 6) is -3.01. The van der Waals surface area contributed by atoms with Crippen molar-refractivity contribution in [2.75, 3.05) is 5.32 Å². The molecule has 2 amide bonds. The topological polar surface area (TPSA) is 84.0 Å². The summed E-state index contributed by atoms with van der Waals surface area (Å²) in [6.07, 6.45) is -3.36. The van der Waals surface area contributed by atoms with Crippen LogP contribution in [0.5, 0.6) is 0 Å². The Morgan fingerprint density at radius 2 is 1.75 bits per heavy atom. The minimum Gasteiger partial charge on any atom is -0.341 e. The first kappa shape index (κ1) is 27.2. The second-order valence-electron chi connectivity index (χ2n) is 9.15. The highest BCUT2D eigenvalue weighted by atomic mass is 35.5. The van der Waals surface area contributed by atoms with Crippen molar-refractivity contribution in [3.05, 3.63) is 111 Å². The Balaban J connectivity index is 1.68. The van der Waals surface area contributed by atoms with Gasteiger partial charge in [-0.3, -0.25) is 9.59 Å². The molecule has 0 saturated carbocycles. The van der Waals surface area contributed by atoms with E-state index in [1.54, 1.807) is 19.9 Å². The Morgan fingerprint density at radius 1 is 1.00 bits per heavy atom. The number of anilines is 1. The molecule has 204 valence electrons. The van der Waals surface area contributed by atoms with Gasteiger partial charge in [0, 0.05) is 50.4 Å². The number of benzene rings is 3. The van der Waals surface area contributed by atoms with Crippen LogP contribution in [0, 0.1) is 25.5 Å². The summed E-state index contributed by atoms with van der Waals surface area (Å²) in [5, 5.41) is 5.36. The third-order valence-electron chi connectivity index (χ3n) is 6.40. The molecule has 0 fully saturated rings. The monoisotopic (exact) mass is 572 g/mol. The van der Waals surface area contributed by atoms with Crippen molar-refractivity contribution in [2.24, 2.45) is 0 Å². The number of carbonyl (C=O) groups is 2. The summed E-state index contributed by atoms with van der Waals surface area (Å²) in [7, 11) is 0. The summed E-state index contributed by atoms with van der Waals surface area (Å²) >= 11 is 6.31. The molecule has 2 N–H and O–H groups in total. The molecule has 1 aromatic heterocycles. The van der Waals surface area contributed by atoms with Gasteiger partial charge in [-0.2, -0.15) is 13.2 Å². The normalized spacial score (nSPS) is 14.6. The quantitative estimate of drug-likeness (QED) is 0.264. The molecular weight excluding hydrogens is 555 g/mol. The van der Waals surface area contributed by atoms with E-state index < -0.39 is 46.8 Å². The van der Waals surface area contributed by atoms with Gasteiger partial charge in [-0.05, 0) is 67.9 Å². The highest BCUT2D eigenvalue weighted by Gasteiger charge is 2.36.